The van der Waals surface area contributed by atoms with Gasteiger partial charge in [-0.05, 0) is 41.5 Å². The Morgan fingerprint density at radius 1 is 1.12 bits per heavy atom. The predicted octanol–water partition coefficient (Wildman–Crippen LogP) is 4.71. The summed E-state index contributed by atoms with van der Waals surface area (Å²) in [5.41, 5.74) is 2.30. The van der Waals surface area contributed by atoms with Crippen molar-refractivity contribution in [1.29, 1.82) is 0 Å². The van der Waals surface area contributed by atoms with Crippen LogP contribution in [0.15, 0.2) is 67.0 Å². The number of thiophene rings is 1. The van der Waals surface area contributed by atoms with Crippen LogP contribution in [0.1, 0.15) is 26.4 Å². The number of thiocarbonyl (C=S) groups is 1. The van der Waals surface area contributed by atoms with Crippen LogP contribution in [0.5, 0.6) is 0 Å². The van der Waals surface area contributed by atoms with Gasteiger partial charge in [-0.15, -0.1) is 16.4 Å². The van der Waals surface area contributed by atoms with Gasteiger partial charge in [-0.1, -0.05) is 42.5 Å². The summed E-state index contributed by atoms with van der Waals surface area (Å²) >= 11 is 6.81. The molecule has 0 aliphatic rings. The number of anilines is 2. The molecule has 0 spiro atoms. The molecule has 0 aliphatic heterocycles. The van der Waals surface area contributed by atoms with Crippen LogP contribution in [0.4, 0.5) is 15.3 Å². The maximum absolute atomic E-state index is 13.4. The molecule has 0 amide bonds. The van der Waals surface area contributed by atoms with Gasteiger partial charge in [-0.2, -0.15) is 0 Å². The summed E-state index contributed by atoms with van der Waals surface area (Å²) in [6, 6.07) is 18.1. The van der Waals surface area contributed by atoms with Crippen LogP contribution in [0.3, 0.4) is 0 Å². The van der Waals surface area contributed by atoms with Crippen LogP contribution in [-0.2, 0) is 17.7 Å². The highest BCUT2D eigenvalue weighted by Gasteiger charge is 2.18. The zero-order valence-electron chi connectivity index (χ0n) is 17.6. The number of nitrogens with zero attached hydrogens (tertiary/aromatic N) is 3. The van der Waals surface area contributed by atoms with Crippen molar-refractivity contribution in [2.75, 3.05) is 17.7 Å². The second-order valence-electron chi connectivity index (χ2n) is 7.08. The molecule has 7 nitrogen and oxygen atoms in total. The van der Waals surface area contributed by atoms with Crippen molar-refractivity contribution in [3.05, 3.63) is 94.4 Å². The van der Waals surface area contributed by atoms with Crippen LogP contribution in [0.2, 0.25) is 0 Å². The summed E-state index contributed by atoms with van der Waals surface area (Å²) in [5.74, 6) is -0.474. The number of ether oxygens (including phenoxy) is 1. The van der Waals surface area contributed by atoms with Crippen LogP contribution >= 0.6 is 23.6 Å². The molecule has 0 bridgehead atoms. The first-order valence-corrected chi connectivity index (χ1v) is 11.2. The Morgan fingerprint density at radius 2 is 1.91 bits per heavy atom. The summed E-state index contributed by atoms with van der Waals surface area (Å²) in [6.45, 7) is 0.368. The normalized spacial score (nSPS) is 10.6. The molecule has 0 atom stereocenters. The Hall–Kier alpha value is -3.63. The zero-order chi connectivity index (χ0) is 23.2. The van der Waals surface area contributed by atoms with E-state index in [0.717, 1.165) is 16.0 Å². The average Bonchev–Trinajstić information content (AvgIpc) is 3.40. The van der Waals surface area contributed by atoms with E-state index in [-0.39, 0.29) is 16.9 Å². The fourth-order valence-electron chi connectivity index (χ4n) is 3.17. The molecule has 4 aromatic rings. The van der Waals surface area contributed by atoms with Gasteiger partial charge in [0, 0.05) is 11.3 Å². The first-order chi connectivity index (χ1) is 16.0. The number of aromatic nitrogens is 3. The van der Waals surface area contributed by atoms with Gasteiger partial charge in [0.25, 0.3) is 0 Å². The van der Waals surface area contributed by atoms with E-state index in [1.165, 1.54) is 36.9 Å². The second kappa shape index (κ2) is 10.3. The molecule has 0 fully saturated rings. The molecule has 33 heavy (non-hydrogen) atoms. The first-order valence-electron chi connectivity index (χ1n) is 9.97. The van der Waals surface area contributed by atoms with Crippen molar-refractivity contribution < 1.29 is 13.9 Å². The number of carbonyl (C=O) groups excluding carboxylic acids is 1. The molecule has 2 heterocycles. The molecule has 0 aliphatic carbocycles. The first kappa shape index (κ1) is 22.6. The summed E-state index contributed by atoms with van der Waals surface area (Å²) in [7, 11) is 1.34. The van der Waals surface area contributed by atoms with Gasteiger partial charge in [0.1, 0.15) is 17.1 Å². The molecule has 2 N–H and O–H groups in total. The fourth-order valence-corrected chi connectivity index (χ4v) is 4.51. The number of carbonyl (C=O) groups is 1. The molecule has 2 aromatic carbocycles. The number of benzene rings is 2. The SMILES string of the molecule is COC(=O)c1cc(Cc2ccccc2)sc1NC(=S)Nc1ncn(Cc2cccc(F)c2)n1. The maximum atomic E-state index is 13.4. The summed E-state index contributed by atoms with van der Waals surface area (Å²) in [5, 5.41) is 11.1. The molecular formula is C23H20FN5O2S2. The predicted molar refractivity (Wildman–Crippen MR) is 130 cm³/mol. The quantitative estimate of drug-likeness (QED) is 0.292. The highest BCUT2D eigenvalue weighted by atomic mass is 32.1. The Morgan fingerprint density at radius 3 is 2.67 bits per heavy atom. The number of halogens is 1. The number of hydrogen-bond donors (Lipinski definition) is 2. The Labute approximate surface area is 199 Å². The van der Waals surface area contributed by atoms with Crippen LogP contribution in [0.25, 0.3) is 0 Å². The molecule has 4 rings (SSSR count). The van der Waals surface area contributed by atoms with Crippen molar-refractivity contribution in [1.82, 2.24) is 14.8 Å². The van der Waals surface area contributed by atoms with E-state index in [0.29, 0.717) is 23.5 Å². The molecule has 0 saturated carbocycles. The van der Waals surface area contributed by atoms with Crippen molar-refractivity contribution in [2.24, 2.45) is 0 Å². The van der Waals surface area contributed by atoms with Gasteiger partial charge in [0.2, 0.25) is 5.95 Å². The van der Waals surface area contributed by atoms with Gasteiger partial charge in [0.15, 0.2) is 5.11 Å². The molecule has 0 unspecified atom stereocenters. The van der Waals surface area contributed by atoms with E-state index in [4.69, 9.17) is 17.0 Å². The lowest BCUT2D eigenvalue weighted by Crippen LogP contribution is -2.20. The van der Waals surface area contributed by atoms with Crippen molar-refractivity contribution >= 4 is 45.6 Å². The largest absolute Gasteiger partial charge is 0.465 e. The third-order valence-corrected chi connectivity index (χ3v) is 5.89. The lowest BCUT2D eigenvalue weighted by molar-refractivity contribution is 0.0602. The third-order valence-electron chi connectivity index (χ3n) is 4.63. The monoisotopic (exact) mass is 481 g/mol. The molecule has 168 valence electrons. The van der Waals surface area contributed by atoms with E-state index in [1.807, 2.05) is 36.4 Å². The smallest absolute Gasteiger partial charge is 0.340 e. The minimum absolute atomic E-state index is 0.233. The molecule has 0 saturated heterocycles. The van der Waals surface area contributed by atoms with Gasteiger partial charge in [-0.25, -0.2) is 18.9 Å². The third kappa shape index (κ3) is 5.99. The fraction of sp³-hybridized carbons (Fsp3) is 0.130. The molecule has 0 radical (unpaired) electrons. The molecular weight excluding hydrogens is 461 g/mol. The summed E-state index contributed by atoms with van der Waals surface area (Å²) in [4.78, 5) is 17.4. The second-order valence-corrected chi connectivity index (χ2v) is 8.63. The van der Waals surface area contributed by atoms with Gasteiger partial charge in [0.05, 0.1) is 19.2 Å². The van der Waals surface area contributed by atoms with Crippen LogP contribution in [-0.4, -0.2) is 33.0 Å². The lowest BCUT2D eigenvalue weighted by atomic mass is 10.1. The standard InChI is InChI=1S/C23H20FN5O2S2/c1-31-21(30)19-12-18(11-15-6-3-2-4-7-15)33-20(19)26-23(32)27-22-25-14-29(28-22)13-16-8-5-9-17(24)10-16/h2-10,12,14H,11,13H2,1H3,(H2,26,27,28,32). The van der Waals surface area contributed by atoms with E-state index in [9.17, 15) is 9.18 Å². The minimum atomic E-state index is -0.451. The number of methoxy groups -OCH3 is 1. The van der Waals surface area contributed by atoms with E-state index in [1.54, 1.807) is 16.8 Å². The highest BCUT2D eigenvalue weighted by molar-refractivity contribution is 7.80. The summed E-state index contributed by atoms with van der Waals surface area (Å²) < 4.78 is 19.9. The van der Waals surface area contributed by atoms with Crippen molar-refractivity contribution in [2.45, 2.75) is 13.0 Å². The number of nitrogens with one attached hydrogen (secondary N) is 2. The van der Waals surface area contributed by atoms with Crippen molar-refractivity contribution in [3.8, 4) is 0 Å². The average molecular weight is 482 g/mol. The topological polar surface area (TPSA) is 81.1 Å². The van der Waals surface area contributed by atoms with Crippen LogP contribution < -0.4 is 10.6 Å². The highest BCUT2D eigenvalue weighted by Crippen LogP contribution is 2.30. The number of esters is 1. The Balaban J connectivity index is 1.43. The summed E-state index contributed by atoms with van der Waals surface area (Å²) in [6.07, 6.45) is 2.21. The van der Waals surface area contributed by atoms with Gasteiger partial charge >= 0.3 is 5.97 Å². The van der Waals surface area contributed by atoms with E-state index in [2.05, 4.69) is 20.7 Å². The number of hydrogen-bond acceptors (Lipinski definition) is 6. The number of rotatable bonds is 7. The van der Waals surface area contributed by atoms with Gasteiger partial charge in [-0.3, -0.25) is 5.32 Å². The maximum Gasteiger partial charge on any atom is 0.340 e. The molecule has 2 aromatic heterocycles. The van der Waals surface area contributed by atoms with Crippen molar-refractivity contribution in [3.63, 3.8) is 0 Å². The zero-order valence-corrected chi connectivity index (χ0v) is 19.3. The lowest BCUT2D eigenvalue weighted by Gasteiger charge is -2.07. The Bertz CT molecular complexity index is 1270. The minimum Gasteiger partial charge on any atom is -0.465 e. The molecule has 10 heteroatoms. The van der Waals surface area contributed by atoms with E-state index >= 15 is 0 Å². The Kier molecular flexibility index (Phi) is 7.06. The van der Waals surface area contributed by atoms with E-state index < -0.39 is 5.97 Å². The van der Waals surface area contributed by atoms with Gasteiger partial charge < -0.3 is 10.1 Å². The van der Waals surface area contributed by atoms with Crippen LogP contribution in [0, 0.1) is 5.82 Å².